The molecule has 0 aliphatic heterocycles. The Hall–Kier alpha value is -2.25. The molecule has 0 saturated heterocycles. The molecular formula is C16H17ClFN5O. The predicted molar refractivity (Wildman–Crippen MR) is 87.7 cm³/mol. The van der Waals surface area contributed by atoms with E-state index in [1.807, 2.05) is 13.8 Å². The number of hydrogen-bond acceptors (Lipinski definition) is 5. The molecule has 6 nitrogen and oxygen atoms in total. The molecule has 8 heteroatoms. The lowest BCUT2D eigenvalue weighted by atomic mass is 10.1. The van der Waals surface area contributed by atoms with Gasteiger partial charge in [0.2, 0.25) is 0 Å². The summed E-state index contributed by atoms with van der Waals surface area (Å²) in [6.45, 7) is 5.20. The average Bonchev–Trinajstić information content (AvgIpc) is 3.15. The van der Waals surface area contributed by atoms with Crippen molar-refractivity contribution in [2.45, 2.75) is 26.8 Å². The number of halogens is 2. The van der Waals surface area contributed by atoms with Gasteiger partial charge in [-0.25, -0.2) is 9.07 Å². The Morgan fingerprint density at radius 1 is 1.33 bits per heavy atom. The summed E-state index contributed by atoms with van der Waals surface area (Å²) in [6, 6.07) is 4.42. The van der Waals surface area contributed by atoms with E-state index in [-0.39, 0.29) is 5.02 Å². The highest BCUT2D eigenvalue weighted by molar-refractivity contribution is 6.30. The summed E-state index contributed by atoms with van der Waals surface area (Å²) < 4.78 is 19.9. The van der Waals surface area contributed by atoms with E-state index in [1.165, 1.54) is 12.1 Å². The van der Waals surface area contributed by atoms with Crippen LogP contribution in [0.4, 0.5) is 4.39 Å². The summed E-state index contributed by atoms with van der Waals surface area (Å²) in [5, 5.41) is 15.4. The lowest BCUT2D eigenvalue weighted by molar-refractivity contribution is 0.392. The number of aryl methyl sites for hydroxylation is 2. The SMILES string of the molecule is Cc1noc(C)c1CCNCc1cn(-c2ccc(F)c(Cl)c2)nn1. The van der Waals surface area contributed by atoms with E-state index in [0.29, 0.717) is 12.2 Å². The fourth-order valence-electron chi connectivity index (χ4n) is 2.42. The molecule has 0 radical (unpaired) electrons. The van der Waals surface area contributed by atoms with Crippen LogP contribution >= 0.6 is 11.6 Å². The van der Waals surface area contributed by atoms with Crippen LogP contribution in [0.25, 0.3) is 5.69 Å². The fraction of sp³-hybridized carbons (Fsp3) is 0.312. The fourth-order valence-corrected chi connectivity index (χ4v) is 2.60. The predicted octanol–water partition coefficient (Wildman–Crippen LogP) is 3.00. The molecule has 0 saturated carbocycles. The Labute approximate surface area is 143 Å². The number of aromatic nitrogens is 4. The molecule has 126 valence electrons. The van der Waals surface area contributed by atoms with Crippen molar-refractivity contribution in [3.8, 4) is 5.69 Å². The molecule has 3 aromatic rings. The molecule has 2 heterocycles. The zero-order valence-electron chi connectivity index (χ0n) is 13.4. The summed E-state index contributed by atoms with van der Waals surface area (Å²) in [4.78, 5) is 0. The minimum absolute atomic E-state index is 0.0575. The minimum atomic E-state index is -0.457. The van der Waals surface area contributed by atoms with Crippen LogP contribution in [0.3, 0.4) is 0 Å². The molecule has 0 unspecified atom stereocenters. The summed E-state index contributed by atoms with van der Waals surface area (Å²) in [7, 11) is 0. The first-order valence-electron chi connectivity index (χ1n) is 7.53. The first kappa shape index (κ1) is 16.6. The molecule has 0 bridgehead atoms. The summed E-state index contributed by atoms with van der Waals surface area (Å²) in [6.07, 6.45) is 2.62. The van der Waals surface area contributed by atoms with Crippen LogP contribution in [0.5, 0.6) is 0 Å². The molecular weight excluding hydrogens is 333 g/mol. The van der Waals surface area contributed by atoms with Gasteiger partial charge in [0, 0.05) is 12.1 Å². The quantitative estimate of drug-likeness (QED) is 0.693. The van der Waals surface area contributed by atoms with Crippen LogP contribution in [-0.4, -0.2) is 26.7 Å². The summed E-state index contributed by atoms with van der Waals surface area (Å²) >= 11 is 5.79. The number of nitrogens with one attached hydrogen (secondary N) is 1. The highest BCUT2D eigenvalue weighted by Gasteiger charge is 2.09. The Morgan fingerprint density at radius 2 is 2.17 bits per heavy atom. The van der Waals surface area contributed by atoms with Gasteiger partial charge in [-0.15, -0.1) is 5.10 Å². The third kappa shape index (κ3) is 3.63. The summed E-state index contributed by atoms with van der Waals surface area (Å²) in [5.41, 5.74) is 3.51. The van der Waals surface area contributed by atoms with Crippen molar-refractivity contribution >= 4 is 11.6 Å². The van der Waals surface area contributed by atoms with Crippen molar-refractivity contribution < 1.29 is 8.91 Å². The van der Waals surface area contributed by atoms with Crippen LogP contribution < -0.4 is 5.32 Å². The second-order valence-electron chi connectivity index (χ2n) is 5.48. The second kappa shape index (κ2) is 7.11. The average molecular weight is 350 g/mol. The largest absolute Gasteiger partial charge is 0.361 e. The normalized spacial score (nSPS) is 11.2. The first-order chi connectivity index (χ1) is 11.5. The molecule has 3 rings (SSSR count). The van der Waals surface area contributed by atoms with Crippen molar-refractivity contribution in [2.75, 3.05) is 6.54 Å². The summed E-state index contributed by atoms with van der Waals surface area (Å²) in [5.74, 6) is 0.398. The third-order valence-electron chi connectivity index (χ3n) is 3.75. The molecule has 2 aromatic heterocycles. The second-order valence-corrected chi connectivity index (χ2v) is 5.89. The zero-order chi connectivity index (χ0) is 17.1. The highest BCUT2D eigenvalue weighted by atomic mass is 35.5. The Morgan fingerprint density at radius 3 is 2.88 bits per heavy atom. The van der Waals surface area contributed by atoms with Crippen molar-refractivity contribution in [3.05, 3.63) is 57.9 Å². The Balaban J connectivity index is 1.55. The first-order valence-corrected chi connectivity index (χ1v) is 7.91. The van der Waals surface area contributed by atoms with Gasteiger partial charge in [-0.1, -0.05) is 22.0 Å². The zero-order valence-corrected chi connectivity index (χ0v) is 14.1. The molecule has 1 aromatic carbocycles. The van der Waals surface area contributed by atoms with Crippen LogP contribution in [0.2, 0.25) is 5.02 Å². The van der Waals surface area contributed by atoms with Crippen LogP contribution in [-0.2, 0) is 13.0 Å². The molecule has 0 aliphatic rings. The third-order valence-corrected chi connectivity index (χ3v) is 4.04. The van der Waals surface area contributed by atoms with Crippen molar-refractivity contribution in [3.63, 3.8) is 0 Å². The molecule has 0 amide bonds. The molecule has 1 N–H and O–H groups in total. The standard InChI is InChI=1S/C16H17ClFN5O/c1-10-14(11(2)24-21-10)5-6-19-8-12-9-23(22-20-12)13-3-4-16(18)15(17)7-13/h3-4,7,9,19H,5-6,8H2,1-2H3. The van der Waals surface area contributed by atoms with Crippen LogP contribution in [0.15, 0.2) is 28.9 Å². The lowest BCUT2D eigenvalue weighted by Gasteiger charge is -2.02. The maximum absolute atomic E-state index is 13.2. The van der Waals surface area contributed by atoms with Gasteiger partial charge in [0.25, 0.3) is 0 Å². The van der Waals surface area contributed by atoms with Crippen molar-refractivity contribution in [1.29, 1.82) is 0 Å². The van der Waals surface area contributed by atoms with Gasteiger partial charge < -0.3 is 9.84 Å². The van der Waals surface area contributed by atoms with Gasteiger partial charge in [-0.3, -0.25) is 0 Å². The molecule has 0 spiro atoms. The highest BCUT2D eigenvalue weighted by Crippen LogP contribution is 2.18. The topological polar surface area (TPSA) is 68.8 Å². The maximum Gasteiger partial charge on any atom is 0.141 e. The smallest absolute Gasteiger partial charge is 0.141 e. The van der Waals surface area contributed by atoms with Gasteiger partial charge in [-0.2, -0.15) is 0 Å². The van der Waals surface area contributed by atoms with E-state index >= 15 is 0 Å². The van der Waals surface area contributed by atoms with Gasteiger partial charge in [0.15, 0.2) is 0 Å². The van der Waals surface area contributed by atoms with Gasteiger partial charge in [0.05, 0.1) is 28.3 Å². The van der Waals surface area contributed by atoms with E-state index in [2.05, 4.69) is 20.8 Å². The molecule has 0 fully saturated rings. The van der Waals surface area contributed by atoms with E-state index < -0.39 is 5.82 Å². The number of benzene rings is 1. The lowest BCUT2D eigenvalue weighted by Crippen LogP contribution is -2.17. The monoisotopic (exact) mass is 349 g/mol. The van der Waals surface area contributed by atoms with E-state index in [1.54, 1.807) is 16.9 Å². The van der Waals surface area contributed by atoms with E-state index in [4.69, 9.17) is 16.1 Å². The molecule has 0 aliphatic carbocycles. The Bertz CT molecular complexity index is 825. The number of hydrogen-bond donors (Lipinski definition) is 1. The maximum atomic E-state index is 13.2. The van der Waals surface area contributed by atoms with Gasteiger partial charge in [-0.05, 0) is 45.0 Å². The van der Waals surface area contributed by atoms with Gasteiger partial charge in [0.1, 0.15) is 11.6 Å². The minimum Gasteiger partial charge on any atom is -0.361 e. The van der Waals surface area contributed by atoms with Crippen LogP contribution in [0, 0.1) is 19.7 Å². The molecule has 24 heavy (non-hydrogen) atoms. The van der Waals surface area contributed by atoms with E-state index in [9.17, 15) is 4.39 Å². The van der Waals surface area contributed by atoms with Crippen molar-refractivity contribution in [2.24, 2.45) is 0 Å². The van der Waals surface area contributed by atoms with Gasteiger partial charge >= 0.3 is 0 Å². The number of rotatable bonds is 6. The van der Waals surface area contributed by atoms with Crippen LogP contribution in [0.1, 0.15) is 22.7 Å². The van der Waals surface area contributed by atoms with E-state index in [0.717, 1.165) is 35.7 Å². The number of nitrogens with zero attached hydrogens (tertiary/aromatic N) is 4. The van der Waals surface area contributed by atoms with Crippen molar-refractivity contribution in [1.82, 2.24) is 25.5 Å². The Kier molecular flexibility index (Phi) is 4.92. The molecule has 0 atom stereocenters.